The minimum atomic E-state index is -0.179. The molecule has 1 amide bonds. The minimum absolute atomic E-state index is 0.159. The zero-order chi connectivity index (χ0) is 17.9. The van der Waals surface area contributed by atoms with Crippen LogP contribution in [-0.4, -0.2) is 34.5 Å². The third-order valence-electron chi connectivity index (χ3n) is 3.67. The monoisotopic (exact) mass is 350 g/mol. The van der Waals surface area contributed by atoms with Crippen LogP contribution in [0.25, 0.3) is 0 Å². The summed E-state index contributed by atoms with van der Waals surface area (Å²) < 4.78 is 5.34. The Morgan fingerprint density at radius 1 is 1.38 bits per heavy atom. The molecule has 2 aromatic rings. The van der Waals surface area contributed by atoms with E-state index in [2.05, 4.69) is 15.5 Å². The second-order valence-electron chi connectivity index (χ2n) is 6.83. The van der Waals surface area contributed by atoms with Gasteiger partial charge in [-0.3, -0.25) is 9.69 Å². The number of benzene rings is 1. The molecule has 7 heteroatoms. The molecule has 0 aliphatic carbocycles. The molecule has 0 saturated heterocycles. The average molecular weight is 351 g/mol. The summed E-state index contributed by atoms with van der Waals surface area (Å²) >= 11 is 6.05. The van der Waals surface area contributed by atoms with Crippen molar-refractivity contribution in [1.29, 1.82) is 0 Å². The third-order valence-corrected chi connectivity index (χ3v) is 4.00. The Morgan fingerprint density at radius 2 is 2.04 bits per heavy atom. The van der Waals surface area contributed by atoms with Crippen LogP contribution in [-0.2, 0) is 10.2 Å². The SMILES string of the molecule is CC(c1nc(C(C)(C)C)no1)N(C)CC(=O)Nc1ccccc1Cl. The van der Waals surface area contributed by atoms with Gasteiger partial charge in [-0.25, -0.2) is 0 Å². The van der Waals surface area contributed by atoms with Gasteiger partial charge in [-0.15, -0.1) is 0 Å². The van der Waals surface area contributed by atoms with Gasteiger partial charge in [0.1, 0.15) is 0 Å². The van der Waals surface area contributed by atoms with E-state index >= 15 is 0 Å². The molecule has 0 bridgehead atoms. The van der Waals surface area contributed by atoms with Crippen molar-refractivity contribution in [2.45, 2.75) is 39.2 Å². The van der Waals surface area contributed by atoms with Crippen LogP contribution < -0.4 is 5.32 Å². The standard InChI is InChI=1S/C17H23ClN4O2/c1-11(15-20-16(21-24-15)17(2,3)4)22(5)10-14(23)19-13-9-7-6-8-12(13)18/h6-9,11H,10H2,1-5H3,(H,19,23). The third kappa shape index (κ3) is 4.55. The lowest BCUT2D eigenvalue weighted by Crippen LogP contribution is -2.32. The molecule has 1 N–H and O–H groups in total. The number of amides is 1. The lowest BCUT2D eigenvalue weighted by Gasteiger charge is -2.21. The summed E-state index contributed by atoms with van der Waals surface area (Å²) in [4.78, 5) is 18.5. The summed E-state index contributed by atoms with van der Waals surface area (Å²) in [6.45, 7) is 8.16. The highest BCUT2D eigenvalue weighted by atomic mass is 35.5. The maximum absolute atomic E-state index is 12.2. The zero-order valence-electron chi connectivity index (χ0n) is 14.6. The fraction of sp³-hybridized carbons (Fsp3) is 0.471. The number of para-hydroxylation sites is 1. The van der Waals surface area contributed by atoms with E-state index in [4.69, 9.17) is 16.1 Å². The van der Waals surface area contributed by atoms with Crippen LogP contribution in [0, 0.1) is 0 Å². The number of hydrogen-bond acceptors (Lipinski definition) is 5. The molecule has 1 aromatic heterocycles. The molecular weight excluding hydrogens is 328 g/mol. The zero-order valence-corrected chi connectivity index (χ0v) is 15.4. The predicted octanol–water partition coefficient (Wildman–Crippen LogP) is 3.65. The summed E-state index contributed by atoms with van der Waals surface area (Å²) in [5.74, 6) is 0.985. The largest absolute Gasteiger partial charge is 0.338 e. The van der Waals surface area contributed by atoms with Crippen molar-refractivity contribution in [2.75, 3.05) is 18.9 Å². The first-order valence-corrected chi connectivity index (χ1v) is 8.15. The van der Waals surface area contributed by atoms with Crippen molar-refractivity contribution in [3.63, 3.8) is 0 Å². The van der Waals surface area contributed by atoms with E-state index in [1.165, 1.54) is 0 Å². The topological polar surface area (TPSA) is 71.3 Å². The van der Waals surface area contributed by atoms with E-state index in [1.807, 2.05) is 51.8 Å². The highest BCUT2D eigenvalue weighted by Crippen LogP contribution is 2.23. The van der Waals surface area contributed by atoms with Crippen molar-refractivity contribution in [2.24, 2.45) is 0 Å². The molecule has 0 aliphatic heterocycles. The molecule has 0 fully saturated rings. The number of halogens is 1. The fourth-order valence-electron chi connectivity index (χ4n) is 2.01. The van der Waals surface area contributed by atoms with Crippen LogP contribution in [0.3, 0.4) is 0 Å². The van der Waals surface area contributed by atoms with E-state index in [0.29, 0.717) is 22.4 Å². The van der Waals surface area contributed by atoms with Crippen molar-refractivity contribution in [3.05, 3.63) is 41.0 Å². The molecule has 1 heterocycles. The van der Waals surface area contributed by atoms with E-state index < -0.39 is 0 Å². The molecule has 0 aliphatic rings. The van der Waals surface area contributed by atoms with Gasteiger partial charge in [-0.05, 0) is 26.1 Å². The van der Waals surface area contributed by atoms with Gasteiger partial charge in [0.05, 0.1) is 23.3 Å². The highest BCUT2D eigenvalue weighted by molar-refractivity contribution is 6.33. The number of rotatable bonds is 5. The molecule has 1 unspecified atom stereocenters. The number of carbonyl (C=O) groups is 1. The average Bonchev–Trinajstić information content (AvgIpc) is 2.98. The van der Waals surface area contributed by atoms with Gasteiger partial charge in [0.25, 0.3) is 0 Å². The molecule has 2 rings (SSSR count). The first-order valence-electron chi connectivity index (χ1n) is 7.77. The van der Waals surface area contributed by atoms with E-state index in [0.717, 1.165) is 0 Å². The normalized spacial score (nSPS) is 13.1. The number of carbonyl (C=O) groups excluding carboxylic acids is 1. The van der Waals surface area contributed by atoms with E-state index in [1.54, 1.807) is 12.1 Å². The lowest BCUT2D eigenvalue weighted by molar-refractivity contribution is -0.117. The van der Waals surface area contributed by atoms with Crippen molar-refractivity contribution in [3.8, 4) is 0 Å². The number of nitrogens with one attached hydrogen (secondary N) is 1. The summed E-state index contributed by atoms with van der Waals surface area (Å²) in [7, 11) is 1.83. The number of hydrogen-bond donors (Lipinski definition) is 1. The predicted molar refractivity (Wildman–Crippen MR) is 94.1 cm³/mol. The molecular formula is C17H23ClN4O2. The first-order chi connectivity index (χ1) is 11.2. The van der Waals surface area contributed by atoms with Crippen molar-refractivity contribution < 1.29 is 9.32 Å². The summed E-state index contributed by atoms with van der Waals surface area (Å²) in [6.07, 6.45) is 0. The second kappa shape index (κ2) is 7.32. The summed E-state index contributed by atoms with van der Waals surface area (Å²) in [5.41, 5.74) is 0.416. The fourth-order valence-corrected chi connectivity index (χ4v) is 2.20. The Balaban J connectivity index is 1.98. The van der Waals surface area contributed by atoms with Crippen LogP contribution >= 0.6 is 11.6 Å². The number of likely N-dealkylation sites (N-methyl/N-ethyl adjacent to an activating group) is 1. The first kappa shape index (κ1) is 18.4. The van der Waals surface area contributed by atoms with Crippen LogP contribution in [0.15, 0.2) is 28.8 Å². The van der Waals surface area contributed by atoms with Crippen LogP contribution in [0.1, 0.15) is 45.5 Å². The quantitative estimate of drug-likeness (QED) is 0.891. The van der Waals surface area contributed by atoms with Gasteiger partial charge in [0.2, 0.25) is 11.8 Å². The van der Waals surface area contributed by atoms with E-state index in [-0.39, 0.29) is 23.9 Å². The molecule has 0 saturated carbocycles. The Kier molecular flexibility index (Phi) is 5.62. The molecule has 0 radical (unpaired) electrons. The Bertz CT molecular complexity index is 709. The Hall–Kier alpha value is -1.92. The number of nitrogens with zero attached hydrogens (tertiary/aromatic N) is 3. The van der Waals surface area contributed by atoms with Gasteiger partial charge >= 0.3 is 0 Å². The van der Waals surface area contributed by atoms with Crippen molar-refractivity contribution in [1.82, 2.24) is 15.0 Å². The van der Waals surface area contributed by atoms with Crippen LogP contribution in [0.2, 0.25) is 5.02 Å². The van der Waals surface area contributed by atoms with E-state index in [9.17, 15) is 4.79 Å². The van der Waals surface area contributed by atoms with Crippen molar-refractivity contribution >= 4 is 23.2 Å². The Labute approximate surface area is 147 Å². The smallest absolute Gasteiger partial charge is 0.243 e. The summed E-state index contributed by atoms with van der Waals surface area (Å²) in [5, 5.41) is 7.32. The molecule has 1 aromatic carbocycles. The van der Waals surface area contributed by atoms with Crippen LogP contribution in [0.4, 0.5) is 5.69 Å². The van der Waals surface area contributed by atoms with Gasteiger partial charge < -0.3 is 9.84 Å². The number of anilines is 1. The Morgan fingerprint density at radius 3 is 2.62 bits per heavy atom. The second-order valence-corrected chi connectivity index (χ2v) is 7.23. The highest BCUT2D eigenvalue weighted by Gasteiger charge is 2.25. The van der Waals surface area contributed by atoms with Crippen LogP contribution in [0.5, 0.6) is 0 Å². The van der Waals surface area contributed by atoms with Gasteiger partial charge in [-0.1, -0.05) is 49.7 Å². The molecule has 1 atom stereocenters. The van der Waals surface area contributed by atoms with Gasteiger partial charge in [-0.2, -0.15) is 4.98 Å². The molecule has 130 valence electrons. The minimum Gasteiger partial charge on any atom is -0.338 e. The molecule has 6 nitrogen and oxygen atoms in total. The summed E-state index contributed by atoms with van der Waals surface area (Å²) in [6, 6.07) is 6.95. The van der Waals surface area contributed by atoms with Gasteiger partial charge in [0.15, 0.2) is 5.82 Å². The van der Waals surface area contributed by atoms with Gasteiger partial charge in [0, 0.05) is 5.41 Å². The number of aromatic nitrogens is 2. The maximum atomic E-state index is 12.2. The maximum Gasteiger partial charge on any atom is 0.243 e. The molecule has 24 heavy (non-hydrogen) atoms. The lowest BCUT2D eigenvalue weighted by atomic mass is 9.96. The molecule has 0 spiro atoms.